The Bertz CT molecular complexity index is 706. The molecular weight excluding hydrogens is 295 g/mol. The van der Waals surface area contributed by atoms with Gasteiger partial charge in [0, 0.05) is 5.02 Å². The summed E-state index contributed by atoms with van der Waals surface area (Å²) in [6, 6.07) is 3.52. The van der Waals surface area contributed by atoms with Crippen molar-refractivity contribution < 1.29 is 12.8 Å². The smallest absolute Gasteiger partial charge is 0.265 e. The van der Waals surface area contributed by atoms with Crippen molar-refractivity contribution in [1.29, 1.82) is 0 Å². The van der Waals surface area contributed by atoms with Crippen LogP contribution in [0.15, 0.2) is 35.5 Å². The molecule has 0 atom stereocenters. The molecule has 0 saturated heterocycles. The number of anilines is 2. The van der Waals surface area contributed by atoms with Crippen molar-refractivity contribution in [3.63, 3.8) is 0 Å². The fraction of sp³-hybridized carbons (Fsp3) is 0. The van der Waals surface area contributed by atoms with Gasteiger partial charge in [-0.2, -0.15) is 0 Å². The van der Waals surface area contributed by atoms with Crippen LogP contribution in [-0.2, 0) is 10.0 Å². The molecule has 19 heavy (non-hydrogen) atoms. The highest BCUT2D eigenvalue weighted by atomic mass is 35.5. The molecule has 100 valence electrons. The van der Waals surface area contributed by atoms with Gasteiger partial charge in [-0.25, -0.2) is 22.8 Å². The summed E-state index contributed by atoms with van der Waals surface area (Å²) in [5, 5.41) is 0.202. The molecule has 6 nitrogen and oxygen atoms in total. The van der Waals surface area contributed by atoms with Gasteiger partial charge >= 0.3 is 0 Å². The van der Waals surface area contributed by atoms with Gasteiger partial charge in [0.05, 0.1) is 18.1 Å². The second-order valence-electron chi connectivity index (χ2n) is 3.51. The average molecular weight is 303 g/mol. The number of sulfonamides is 1. The van der Waals surface area contributed by atoms with Crippen LogP contribution >= 0.6 is 11.6 Å². The highest BCUT2D eigenvalue weighted by Crippen LogP contribution is 2.22. The van der Waals surface area contributed by atoms with Gasteiger partial charge in [0.15, 0.2) is 0 Å². The predicted molar refractivity (Wildman–Crippen MR) is 68.7 cm³/mol. The molecule has 9 heteroatoms. The normalized spacial score (nSPS) is 11.3. The van der Waals surface area contributed by atoms with Gasteiger partial charge in [-0.1, -0.05) is 11.6 Å². The maximum Gasteiger partial charge on any atom is 0.265 e. The van der Waals surface area contributed by atoms with Crippen LogP contribution in [-0.4, -0.2) is 18.4 Å². The Morgan fingerprint density at radius 1 is 1.26 bits per heavy atom. The molecule has 0 saturated carbocycles. The minimum atomic E-state index is -4.00. The van der Waals surface area contributed by atoms with E-state index in [1.54, 1.807) is 0 Å². The first-order chi connectivity index (χ1) is 8.88. The first kappa shape index (κ1) is 13.5. The Morgan fingerprint density at radius 3 is 2.53 bits per heavy atom. The molecule has 3 N–H and O–H groups in total. The van der Waals surface area contributed by atoms with Crippen LogP contribution in [0.2, 0.25) is 5.02 Å². The molecule has 1 aromatic heterocycles. The summed E-state index contributed by atoms with van der Waals surface area (Å²) < 4.78 is 39.4. The van der Waals surface area contributed by atoms with Gasteiger partial charge in [0.25, 0.3) is 10.0 Å². The monoisotopic (exact) mass is 302 g/mol. The number of rotatable bonds is 3. The fourth-order valence-electron chi connectivity index (χ4n) is 1.24. The van der Waals surface area contributed by atoms with Crippen LogP contribution in [0.25, 0.3) is 0 Å². The topological polar surface area (TPSA) is 98.0 Å². The molecule has 1 aromatic carbocycles. The van der Waals surface area contributed by atoms with Gasteiger partial charge in [-0.3, -0.25) is 4.72 Å². The molecule has 0 bridgehead atoms. The van der Waals surface area contributed by atoms with Crippen LogP contribution in [0.4, 0.5) is 16.0 Å². The number of benzene rings is 1. The van der Waals surface area contributed by atoms with Crippen LogP contribution in [0.3, 0.4) is 0 Å². The minimum absolute atomic E-state index is 0.0621. The Kier molecular flexibility index (Phi) is 3.54. The van der Waals surface area contributed by atoms with Crippen molar-refractivity contribution in [3.8, 4) is 0 Å². The van der Waals surface area contributed by atoms with Gasteiger partial charge in [-0.05, 0) is 18.2 Å². The molecule has 0 amide bonds. The lowest BCUT2D eigenvalue weighted by atomic mass is 10.3. The molecule has 0 aliphatic carbocycles. The van der Waals surface area contributed by atoms with E-state index in [4.69, 9.17) is 17.3 Å². The molecule has 2 aromatic rings. The summed E-state index contributed by atoms with van der Waals surface area (Å²) in [7, 11) is -4.00. The van der Waals surface area contributed by atoms with Crippen LogP contribution in [0, 0.1) is 5.82 Å². The number of aromatic nitrogens is 2. The third kappa shape index (κ3) is 3.09. The molecule has 1 heterocycles. The van der Waals surface area contributed by atoms with E-state index < -0.39 is 15.8 Å². The number of nitrogens with zero attached hydrogens (tertiary/aromatic N) is 2. The van der Waals surface area contributed by atoms with Gasteiger partial charge in [0.1, 0.15) is 10.7 Å². The highest BCUT2D eigenvalue weighted by Gasteiger charge is 2.17. The molecule has 0 radical (unpaired) electrons. The number of hydrogen-bond donors (Lipinski definition) is 2. The lowest BCUT2D eigenvalue weighted by Crippen LogP contribution is -2.15. The molecule has 0 spiro atoms. The van der Waals surface area contributed by atoms with Crippen LogP contribution in [0.1, 0.15) is 0 Å². The predicted octanol–water partition coefficient (Wildman–Crippen LogP) is 1.65. The number of hydrogen-bond acceptors (Lipinski definition) is 5. The minimum Gasteiger partial charge on any atom is -0.368 e. The second kappa shape index (κ2) is 4.98. The van der Waals surface area contributed by atoms with Crippen molar-refractivity contribution in [2.45, 2.75) is 4.90 Å². The Labute approximate surface area is 113 Å². The zero-order valence-corrected chi connectivity index (χ0v) is 10.9. The summed E-state index contributed by atoms with van der Waals surface area (Å²) in [5.74, 6) is -0.808. The van der Waals surface area contributed by atoms with E-state index in [-0.39, 0.29) is 21.6 Å². The maximum atomic E-state index is 13.4. The first-order valence-electron chi connectivity index (χ1n) is 4.94. The molecular formula is C10H8ClFN4O2S. The van der Waals surface area contributed by atoms with E-state index in [9.17, 15) is 12.8 Å². The molecule has 2 rings (SSSR count). The molecule has 0 aliphatic heterocycles. The summed E-state index contributed by atoms with van der Waals surface area (Å²) in [5.41, 5.74) is 4.99. The van der Waals surface area contributed by atoms with Gasteiger partial charge < -0.3 is 5.73 Å². The average Bonchev–Trinajstić information content (AvgIpc) is 2.34. The third-order valence-electron chi connectivity index (χ3n) is 2.13. The van der Waals surface area contributed by atoms with Gasteiger partial charge in [-0.15, -0.1) is 0 Å². The highest BCUT2D eigenvalue weighted by molar-refractivity contribution is 7.92. The van der Waals surface area contributed by atoms with Crippen molar-refractivity contribution in [2.75, 3.05) is 10.5 Å². The Morgan fingerprint density at radius 2 is 1.89 bits per heavy atom. The van der Waals surface area contributed by atoms with E-state index >= 15 is 0 Å². The third-order valence-corrected chi connectivity index (χ3v) is 3.69. The molecule has 0 aliphatic rings. The standard InChI is InChI=1S/C10H8ClFN4O2S/c11-6-1-2-8(12)9(3-6)16-19(17,18)7-4-14-10(13)15-5-7/h1-5,16H,(H2,13,14,15). The summed E-state index contributed by atoms with van der Waals surface area (Å²) in [6.07, 6.45) is 2.04. The largest absolute Gasteiger partial charge is 0.368 e. The fourth-order valence-corrected chi connectivity index (χ4v) is 2.36. The van der Waals surface area contributed by atoms with E-state index in [1.165, 1.54) is 6.07 Å². The first-order valence-corrected chi connectivity index (χ1v) is 6.80. The van der Waals surface area contributed by atoms with Crippen LogP contribution < -0.4 is 10.5 Å². The van der Waals surface area contributed by atoms with Crippen molar-refractivity contribution in [2.24, 2.45) is 0 Å². The van der Waals surface area contributed by atoms with Crippen molar-refractivity contribution in [3.05, 3.63) is 41.4 Å². The quantitative estimate of drug-likeness (QED) is 0.898. The van der Waals surface area contributed by atoms with Crippen LogP contribution in [0.5, 0.6) is 0 Å². The Balaban J connectivity index is 2.36. The zero-order valence-electron chi connectivity index (χ0n) is 9.34. The molecule has 0 fully saturated rings. The van der Waals surface area contributed by atoms with E-state index in [2.05, 4.69) is 14.7 Å². The molecule has 0 unspecified atom stereocenters. The SMILES string of the molecule is Nc1ncc(S(=O)(=O)Nc2cc(Cl)ccc2F)cn1. The Hall–Kier alpha value is -1.93. The van der Waals surface area contributed by atoms with E-state index in [1.807, 2.05) is 0 Å². The van der Waals surface area contributed by atoms with E-state index in [0.29, 0.717) is 0 Å². The summed E-state index contributed by atoms with van der Waals surface area (Å²) in [6.45, 7) is 0. The van der Waals surface area contributed by atoms with Crippen molar-refractivity contribution >= 4 is 33.3 Å². The van der Waals surface area contributed by atoms with Gasteiger partial charge in [0.2, 0.25) is 5.95 Å². The maximum absolute atomic E-state index is 13.4. The summed E-state index contributed by atoms with van der Waals surface area (Å²) >= 11 is 5.67. The lowest BCUT2D eigenvalue weighted by Gasteiger charge is -2.08. The lowest BCUT2D eigenvalue weighted by molar-refractivity contribution is 0.597. The number of halogens is 2. The summed E-state index contributed by atoms with van der Waals surface area (Å²) in [4.78, 5) is 6.87. The number of nitrogens with one attached hydrogen (secondary N) is 1. The zero-order chi connectivity index (χ0) is 14.0. The second-order valence-corrected chi connectivity index (χ2v) is 5.63. The number of nitrogen functional groups attached to an aromatic ring is 1. The van der Waals surface area contributed by atoms with Crippen molar-refractivity contribution in [1.82, 2.24) is 9.97 Å². The number of nitrogens with two attached hydrogens (primary N) is 1. The van der Waals surface area contributed by atoms with E-state index in [0.717, 1.165) is 24.5 Å².